The monoisotopic (exact) mass is 324 g/mol. The fourth-order valence-corrected chi connectivity index (χ4v) is 2.83. The topological polar surface area (TPSA) is 81.2 Å². The molecule has 124 valence electrons. The molecular weight excluding hydrogens is 304 g/mol. The zero-order valence-corrected chi connectivity index (χ0v) is 13.3. The summed E-state index contributed by atoms with van der Waals surface area (Å²) in [4.78, 5) is 25.2. The molecule has 0 saturated carbocycles. The number of nitrogens with two attached hydrogens (primary N) is 1. The number of aromatic nitrogens is 2. The van der Waals surface area contributed by atoms with Gasteiger partial charge in [0.25, 0.3) is 0 Å². The second kappa shape index (κ2) is 7.12. The maximum absolute atomic E-state index is 12.3. The van der Waals surface area contributed by atoms with E-state index in [2.05, 4.69) is 5.10 Å². The summed E-state index contributed by atoms with van der Waals surface area (Å²) in [5.74, 6) is -0.675. The van der Waals surface area contributed by atoms with Crippen LogP contribution in [0.2, 0.25) is 0 Å². The average molecular weight is 324 g/mol. The summed E-state index contributed by atoms with van der Waals surface area (Å²) >= 11 is 0. The number of amides is 2. The van der Waals surface area contributed by atoms with Crippen molar-refractivity contribution in [2.75, 3.05) is 13.1 Å². The highest BCUT2D eigenvalue weighted by molar-refractivity contribution is 5.92. The molecule has 1 aromatic heterocycles. The highest BCUT2D eigenvalue weighted by Crippen LogP contribution is 2.16. The summed E-state index contributed by atoms with van der Waals surface area (Å²) < 4.78 is 1.76. The molecule has 2 amide bonds. The lowest BCUT2D eigenvalue weighted by molar-refractivity contribution is -0.130. The number of carbonyl (C=O) groups is 2. The van der Waals surface area contributed by atoms with Gasteiger partial charge in [0.1, 0.15) is 0 Å². The van der Waals surface area contributed by atoms with Gasteiger partial charge in [0.2, 0.25) is 11.8 Å². The van der Waals surface area contributed by atoms with Crippen LogP contribution < -0.4 is 5.73 Å². The molecule has 0 bridgehead atoms. The second-order valence-electron chi connectivity index (χ2n) is 5.91. The second-order valence-corrected chi connectivity index (χ2v) is 5.91. The molecule has 1 aliphatic heterocycles. The lowest BCUT2D eigenvalue weighted by Gasteiger charge is -2.30. The molecule has 0 aliphatic carbocycles. The molecule has 0 unspecified atom stereocenters. The molecule has 1 saturated heterocycles. The summed E-state index contributed by atoms with van der Waals surface area (Å²) in [7, 11) is 0. The van der Waals surface area contributed by atoms with Gasteiger partial charge in [-0.3, -0.25) is 9.59 Å². The first-order valence-electron chi connectivity index (χ1n) is 8.00. The number of hydrogen-bond donors (Lipinski definition) is 1. The van der Waals surface area contributed by atoms with Gasteiger partial charge < -0.3 is 10.6 Å². The van der Waals surface area contributed by atoms with Gasteiger partial charge in [-0.1, -0.05) is 18.2 Å². The van der Waals surface area contributed by atoms with Crippen molar-refractivity contribution in [3.63, 3.8) is 0 Å². The molecule has 2 N–H and O–H groups in total. The maximum Gasteiger partial charge on any atom is 0.246 e. The van der Waals surface area contributed by atoms with Crippen LogP contribution in [0.5, 0.6) is 0 Å². The predicted octanol–water partition coefficient (Wildman–Crippen LogP) is 1.61. The molecule has 2 aromatic rings. The number of primary amides is 1. The number of benzene rings is 1. The number of hydrogen-bond acceptors (Lipinski definition) is 3. The van der Waals surface area contributed by atoms with Crippen LogP contribution in [0.1, 0.15) is 18.4 Å². The molecule has 1 aliphatic rings. The minimum atomic E-state index is -0.333. The Balaban J connectivity index is 1.64. The van der Waals surface area contributed by atoms with Gasteiger partial charge in [0, 0.05) is 30.9 Å². The van der Waals surface area contributed by atoms with Crippen molar-refractivity contribution in [1.82, 2.24) is 14.7 Å². The zero-order valence-electron chi connectivity index (χ0n) is 13.3. The van der Waals surface area contributed by atoms with E-state index in [9.17, 15) is 9.59 Å². The molecule has 1 aromatic carbocycles. The van der Waals surface area contributed by atoms with Gasteiger partial charge >= 0.3 is 0 Å². The van der Waals surface area contributed by atoms with Gasteiger partial charge in [0.15, 0.2) is 0 Å². The Hall–Kier alpha value is -2.89. The fraction of sp³-hybridized carbons (Fsp3) is 0.278. The maximum atomic E-state index is 12.3. The lowest BCUT2D eigenvalue weighted by Crippen LogP contribution is -2.43. The first-order chi connectivity index (χ1) is 11.6. The number of piperidine rings is 1. The lowest BCUT2D eigenvalue weighted by atomic mass is 9.97. The van der Waals surface area contributed by atoms with Gasteiger partial charge in [0.05, 0.1) is 17.8 Å². The smallest absolute Gasteiger partial charge is 0.246 e. The number of nitrogens with zero attached hydrogens (tertiary/aromatic N) is 3. The highest BCUT2D eigenvalue weighted by atomic mass is 16.2. The average Bonchev–Trinajstić information content (AvgIpc) is 3.09. The third kappa shape index (κ3) is 3.71. The van der Waals surface area contributed by atoms with Crippen molar-refractivity contribution >= 4 is 17.9 Å². The standard InChI is InChI=1S/C18H20N4O2/c19-18(24)15-5-4-10-21(13-15)17(23)9-8-14-11-20-22(12-14)16-6-2-1-3-7-16/h1-3,6-9,11-12,15H,4-5,10,13H2,(H2,19,24)/b9-8+/t15-/m1/s1. The summed E-state index contributed by atoms with van der Waals surface area (Å²) in [5, 5.41) is 4.29. The van der Waals surface area contributed by atoms with E-state index in [0.29, 0.717) is 13.1 Å². The fourth-order valence-electron chi connectivity index (χ4n) is 2.83. The minimum Gasteiger partial charge on any atom is -0.369 e. The van der Waals surface area contributed by atoms with Crippen LogP contribution in [0.4, 0.5) is 0 Å². The Bertz CT molecular complexity index is 751. The third-order valence-electron chi connectivity index (χ3n) is 4.18. The van der Waals surface area contributed by atoms with Crippen molar-refractivity contribution in [3.8, 4) is 5.69 Å². The van der Waals surface area contributed by atoms with Crippen molar-refractivity contribution < 1.29 is 9.59 Å². The van der Waals surface area contributed by atoms with E-state index in [1.54, 1.807) is 21.9 Å². The van der Waals surface area contributed by atoms with Gasteiger partial charge in [-0.15, -0.1) is 0 Å². The van der Waals surface area contributed by atoms with E-state index in [1.807, 2.05) is 36.5 Å². The Kier molecular flexibility index (Phi) is 4.74. The Morgan fingerprint density at radius 3 is 2.79 bits per heavy atom. The van der Waals surface area contributed by atoms with Crippen molar-refractivity contribution in [1.29, 1.82) is 0 Å². The Labute approximate surface area is 140 Å². The largest absolute Gasteiger partial charge is 0.369 e. The Morgan fingerprint density at radius 2 is 2.04 bits per heavy atom. The first kappa shape index (κ1) is 16.0. The number of carbonyl (C=O) groups excluding carboxylic acids is 2. The molecular formula is C18H20N4O2. The molecule has 6 nitrogen and oxygen atoms in total. The van der Waals surface area contributed by atoms with Crippen LogP contribution >= 0.6 is 0 Å². The summed E-state index contributed by atoms with van der Waals surface area (Å²) in [6.45, 7) is 1.07. The van der Waals surface area contributed by atoms with Gasteiger partial charge in [-0.2, -0.15) is 5.10 Å². The molecule has 1 fully saturated rings. The summed E-state index contributed by atoms with van der Waals surface area (Å²) in [5.41, 5.74) is 7.15. The van der Waals surface area contributed by atoms with Crippen LogP contribution in [0.15, 0.2) is 48.8 Å². The number of para-hydroxylation sites is 1. The van der Waals surface area contributed by atoms with Crippen LogP contribution in [0.25, 0.3) is 11.8 Å². The van der Waals surface area contributed by atoms with E-state index < -0.39 is 0 Å². The SMILES string of the molecule is NC(=O)[C@@H]1CCCN(C(=O)/C=C/c2cnn(-c3ccccc3)c2)C1. The summed E-state index contributed by atoms with van der Waals surface area (Å²) in [6.07, 6.45) is 8.39. The van der Waals surface area contributed by atoms with Gasteiger partial charge in [-0.05, 0) is 31.1 Å². The molecule has 6 heteroatoms. The zero-order chi connectivity index (χ0) is 16.9. The van der Waals surface area contributed by atoms with Crippen LogP contribution in [0, 0.1) is 5.92 Å². The summed E-state index contributed by atoms with van der Waals surface area (Å²) in [6, 6.07) is 9.76. The molecule has 0 spiro atoms. The van der Waals surface area contributed by atoms with Crippen LogP contribution in [-0.2, 0) is 9.59 Å². The third-order valence-corrected chi connectivity index (χ3v) is 4.18. The highest BCUT2D eigenvalue weighted by Gasteiger charge is 2.25. The van der Waals surface area contributed by atoms with E-state index in [0.717, 1.165) is 24.1 Å². The van der Waals surface area contributed by atoms with Crippen molar-refractivity contribution in [2.45, 2.75) is 12.8 Å². The number of rotatable bonds is 4. The molecule has 24 heavy (non-hydrogen) atoms. The van der Waals surface area contributed by atoms with Crippen molar-refractivity contribution in [2.24, 2.45) is 11.7 Å². The van der Waals surface area contributed by atoms with Crippen LogP contribution in [-0.4, -0.2) is 39.6 Å². The molecule has 2 heterocycles. The first-order valence-corrected chi connectivity index (χ1v) is 8.00. The quantitative estimate of drug-likeness (QED) is 0.868. The van der Waals surface area contributed by atoms with Crippen LogP contribution in [0.3, 0.4) is 0 Å². The van der Waals surface area contributed by atoms with Crippen molar-refractivity contribution in [3.05, 3.63) is 54.4 Å². The predicted molar refractivity (Wildman–Crippen MR) is 91.1 cm³/mol. The molecule has 3 rings (SSSR count). The van der Waals surface area contributed by atoms with E-state index in [1.165, 1.54) is 6.08 Å². The van der Waals surface area contributed by atoms with E-state index >= 15 is 0 Å². The molecule has 1 atom stereocenters. The Morgan fingerprint density at radius 1 is 1.25 bits per heavy atom. The van der Waals surface area contributed by atoms with E-state index in [4.69, 9.17) is 5.73 Å². The minimum absolute atomic E-state index is 0.103. The van der Waals surface area contributed by atoms with E-state index in [-0.39, 0.29) is 17.7 Å². The number of likely N-dealkylation sites (tertiary alicyclic amines) is 1. The van der Waals surface area contributed by atoms with Gasteiger partial charge in [-0.25, -0.2) is 4.68 Å². The molecule has 0 radical (unpaired) electrons. The normalized spacial score (nSPS) is 18.0.